The van der Waals surface area contributed by atoms with Crippen molar-refractivity contribution in [1.82, 2.24) is 4.90 Å². The number of esters is 1. The van der Waals surface area contributed by atoms with Crippen LogP contribution in [0.3, 0.4) is 0 Å². The minimum Gasteiger partial charge on any atom is -0.496 e. The lowest BCUT2D eigenvalue weighted by atomic mass is 9.83. The Balaban J connectivity index is 1.47. The summed E-state index contributed by atoms with van der Waals surface area (Å²) in [5, 5.41) is 0. The van der Waals surface area contributed by atoms with E-state index in [1.54, 1.807) is 20.3 Å². The van der Waals surface area contributed by atoms with Crippen molar-refractivity contribution in [2.45, 2.75) is 24.6 Å². The van der Waals surface area contributed by atoms with Crippen LogP contribution < -0.4 is 28.4 Å². The van der Waals surface area contributed by atoms with Crippen LogP contribution in [-0.2, 0) is 11.2 Å². The molecule has 4 aromatic carbocycles. The minimum atomic E-state index is -0.744. The fourth-order valence-electron chi connectivity index (χ4n) is 6.75. The van der Waals surface area contributed by atoms with E-state index in [4.69, 9.17) is 33.2 Å². The van der Waals surface area contributed by atoms with Crippen LogP contribution in [0.2, 0.25) is 0 Å². The monoisotopic (exact) mass is 619 g/mol. The van der Waals surface area contributed by atoms with Crippen molar-refractivity contribution in [3.8, 4) is 46.3 Å². The van der Waals surface area contributed by atoms with Gasteiger partial charge < -0.3 is 33.2 Å². The topological polar surface area (TPSA) is 84.9 Å². The second-order valence-corrected chi connectivity index (χ2v) is 11.0. The lowest BCUT2D eigenvalue weighted by molar-refractivity contribution is -0.00390. The highest BCUT2D eigenvalue weighted by Gasteiger charge is 2.49. The molecule has 9 heteroatoms. The molecule has 0 spiro atoms. The molecule has 0 fully saturated rings. The largest absolute Gasteiger partial charge is 0.496 e. The predicted molar refractivity (Wildman–Crippen MR) is 169 cm³/mol. The number of para-hydroxylation sites is 1. The first-order valence-corrected chi connectivity index (χ1v) is 15.0. The molecule has 4 aromatic rings. The van der Waals surface area contributed by atoms with Gasteiger partial charge in [0.15, 0.2) is 23.0 Å². The summed E-state index contributed by atoms with van der Waals surface area (Å²) in [4.78, 5) is 15.9. The molecule has 46 heavy (non-hydrogen) atoms. The molecule has 0 amide bonds. The van der Waals surface area contributed by atoms with Crippen LogP contribution in [-0.4, -0.2) is 52.6 Å². The van der Waals surface area contributed by atoms with Gasteiger partial charge >= 0.3 is 5.97 Å². The lowest BCUT2D eigenvalue weighted by Crippen LogP contribution is -2.41. The third-order valence-corrected chi connectivity index (χ3v) is 8.74. The molecule has 0 aliphatic carbocycles. The summed E-state index contributed by atoms with van der Waals surface area (Å²) >= 11 is 0. The van der Waals surface area contributed by atoms with Gasteiger partial charge in [-0.1, -0.05) is 54.3 Å². The number of benzene rings is 4. The first-order valence-electron chi connectivity index (χ1n) is 15.0. The summed E-state index contributed by atoms with van der Waals surface area (Å²) in [5.74, 6) is 9.63. The molecule has 0 saturated heterocycles. The molecule has 0 aromatic heterocycles. The Bertz CT molecular complexity index is 1860. The molecule has 3 atom stereocenters. The second kappa shape index (κ2) is 12.2. The van der Waals surface area contributed by atoms with Crippen LogP contribution in [0.1, 0.15) is 56.4 Å². The average Bonchev–Trinajstić information content (AvgIpc) is 3.71. The molecule has 3 aliphatic rings. The van der Waals surface area contributed by atoms with Crippen LogP contribution in [0.25, 0.3) is 0 Å². The van der Waals surface area contributed by atoms with Gasteiger partial charge in [-0.05, 0) is 42.3 Å². The fourth-order valence-corrected chi connectivity index (χ4v) is 6.75. The number of ether oxygens (including phenoxy) is 7. The first-order chi connectivity index (χ1) is 22.6. The van der Waals surface area contributed by atoms with Gasteiger partial charge in [0.2, 0.25) is 12.5 Å². The van der Waals surface area contributed by atoms with Gasteiger partial charge in [-0.3, -0.25) is 4.90 Å². The maximum Gasteiger partial charge on any atom is 0.343 e. The van der Waals surface area contributed by atoms with Gasteiger partial charge in [0.05, 0.1) is 34.5 Å². The number of hydrogen-bond acceptors (Lipinski definition) is 9. The predicted octanol–water partition coefficient (Wildman–Crippen LogP) is 6.05. The van der Waals surface area contributed by atoms with E-state index in [1.165, 1.54) is 14.2 Å². The number of cyclic esters (lactones) is 1. The second-order valence-electron chi connectivity index (χ2n) is 11.0. The standard InChI is InChI=1S/C37H33NO8/c1-40-27-13-9-8-12-24(27)26(16-14-22-10-6-5-7-11-22)38-19-18-23-20-29-35(45-21-44-29)36(43-4)30(23)32(38)33-25-15-17-28(41-2)34(42-3)31(25)37(39)46-33/h5-13,15,17,20,26,32-33H,18-19,21H2,1-4H3/t26?,32-,33+/m0/s1. The molecular formula is C37H33NO8. The molecule has 0 bridgehead atoms. The zero-order valence-corrected chi connectivity index (χ0v) is 26.0. The number of hydrogen-bond donors (Lipinski definition) is 0. The summed E-state index contributed by atoms with van der Waals surface area (Å²) < 4.78 is 41.1. The Labute approximate surface area is 267 Å². The van der Waals surface area contributed by atoms with E-state index in [2.05, 4.69) is 16.7 Å². The minimum absolute atomic E-state index is 0.0909. The molecule has 3 aliphatic heterocycles. The van der Waals surface area contributed by atoms with Gasteiger partial charge in [-0.2, -0.15) is 0 Å². The molecule has 0 saturated carbocycles. The maximum absolute atomic E-state index is 13.7. The van der Waals surface area contributed by atoms with Crippen molar-refractivity contribution in [1.29, 1.82) is 0 Å². The lowest BCUT2D eigenvalue weighted by Gasteiger charge is -2.43. The molecule has 3 heterocycles. The zero-order valence-electron chi connectivity index (χ0n) is 26.0. The highest BCUT2D eigenvalue weighted by molar-refractivity contribution is 5.98. The van der Waals surface area contributed by atoms with Crippen molar-refractivity contribution < 1.29 is 38.0 Å². The molecular weight excluding hydrogens is 586 g/mol. The summed E-state index contributed by atoms with van der Waals surface area (Å²) in [5.41, 5.74) is 4.65. The van der Waals surface area contributed by atoms with E-state index in [-0.39, 0.29) is 6.79 Å². The van der Waals surface area contributed by atoms with Crippen molar-refractivity contribution >= 4 is 5.97 Å². The molecule has 0 N–H and O–H groups in total. The number of carbonyl (C=O) groups excluding carboxylic acids is 1. The van der Waals surface area contributed by atoms with E-state index in [0.29, 0.717) is 58.6 Å². The Morgan fingerprint density at radius 2 is 1.61 bits per heavy atom. The number of carbonyl (C=O) groups is 1. The smallest absolute Gasteiger partial charge is 0.343 e. The highest BCUT2D eigenvalue weighted by atomic mass is 16.7. The SMILES string of the molecule is COc1ccccc1C(C#Cc1ccccc1)N1CCc2cc3c(c(OC)c2[C@H]1[C@@H]1OC(=O)c2c1ccc(OC)c2OC)OCO3. The van der Waals surface area contributed by atoms with Crippen molar-refractivity contribution in [2.75, 3.05) is 41.8 Å². The van der Waals surface area contributed by atoms with Gasteiger partial charge in [-0.25, -0.2) is 4.79 Å². The first kappa shape index (κ1) is 29.4. The van der Waals surface area contributed by atoms with E-state index in [0.717, 1.165) is 22.3 Å². The van der Waals surface area contributed by atoms with Crippen LogP contribution >= 0.6 is 0 Å². The van der Waals surface area contributed by atoms with Crippen LogP contribution in [0.5, 0.6) is 34.5 Å². The molecule has 0 radical (unpaired) electrons. The van der Waals surface area contributed by atoms with E-state index in [1.807, 2.05) is 66.7 Å². The number of methoxy groups -OCH3 is 4. The molecule has 7 rings (SSSR count). The number of rotatable bonds is 7. The zero-order chi connectivity index (χ0) is 31.8. The van der Waals surface area contributed by atoms with Crippen LogP contribution in [0.15, 0.2) is 72.8 Å². The average molecular weight is 620 g/mol. The van der Waals surface area contributed by atoms with Gasteiger partial charge in [0.25, 0.3) is 0 Å². The van der Waals surface area contributed by atoms with Gasteiger partial charge in [-0.15, -0.1) is 0 Å². The van der Waals surface area contributed by atoms with Crippen molar-refractivity contribution in [3.63, 3.8) is 0 Å². The highest BCUT2D eigenvalue weighted by Crippen LogP contribution is 2.57. The third kappa shape index (κ3) is 4.82. The quantitative estimate of drug-likeness (QED) is 0.181. The number of nitrogens with zero attached hydrogens (tertiary/aromatic N) is 1. The summed E-state index contributed by atoms with van der Waals surface area (Å²) in [6, 6.07) is 22.4. The van der Waals surface area contributed by atoms with Crippen molar-refractivity contribution in [3.05, 3.63) is 106 Å². The van der Waals surface area contributed by atoms with Crippen LogP contribution in [0, 0.1) is 11.8 Å². The van der Waals surface area contributed by atoms with E-state index < -0.39 is 24.2 Å². The van der Waals surface area contributed by atoms with E-state index in [9.17, 15) is 4.79 Å². The van der Waals surface area contributed by atoms with Gasteiger partial charge in [0.1, 0.15) is 23.5 Å². The summed E-state index contributed by atoms with van der Waals surface area (Å²) in [7, 11) is 6.32. The Kier molecular flexibility index (Phi) is 7.81. The van der Waals surface area contributed by atoms with Crippen LogP contribution in [0.4, 0.5) is 0 Å². The normalized spacial score (nSPS) is 18.4. The third-order valence-electron chi connectivity index (χ3n) is 8.74. The fraction of sp³-hybridized carbons (Fsp3) is 0.270. The maximum atomic E-state index is 13.7. The number of fused-ring (bicyclic) bond motifs is 3. The Hall–Kier alpha value is -5.33. The molecule has 234 valence electrons. The Morgan fingerprint density at radius 1 is 0.848 bits per heavy atom. The summed E-state index contributed by atoms with van der Waals surface area (Å²) in [6.07, 6.45) is -0.0805. The van der Waals surface area contributed by atoms with Crippen molar-refractivity contribution in [2.24, 2.45) is 0 Å². The molecule has 9 nitrogen and oxygen atoms in total. The Morgan fingerprint density at radius 3 is 2.37 bits per heavy atom. The van der Waals surface area contributed by atoms with E-state index >= 15 is 0 Å². The van der Waals surface area contributed by atoms with Gasteiger partial charge in [0, 0.05) is 28.8 Å². The molecule has 1 unspecified atom stereocenters. The summed E-state index contributed by atoms with van der Waals surface area (Å²) in [6.45, 7) is 0.678.